The lowest BCUT2D eigenvalue weighted by atomic mass is 10.1. The van der Waals surface area contributed by atoms with Gasteiger partial charge in [0, 0.05) is 13.1 Å². The largest absolute Gasteiger partial charge is 0.369 e. The highest BCUT2D eigenvalue weighted by Crippen LogP contribution is 2.25. The van der Waals surface area contributed by atoms with Crippen LogP contribution in [0.25, 0.3) is 11.0 Å². The first-order chi connectivity index (χ1) is 10.4. The van der Waals surface area contributed by atoms with Crippen molar-refractivity contribution >= 4 is 16.9 Å². The van der Waals surface area contributed by atoms with Gasteiger partial charge < -0.3 is 9.64 Å². The van der Waals surface area contributed by atoms with Crippen LogP contribution in [0.1, 0.15) is 40.2 Å². The van der Waals surface area contributed by atoms with Crippen molar-refractivity contribution in [2.24, 2.45) is 0 Å². The van der Waals surface area contributed by atoms with Gasteiger partial charge in [0.15, 0.2) is 0 Å². The predicted octanol–water partition coefficient (Wildman–Crippen LogP) is 3.97. The van der Waals surface area contributed by atoms with Crippen LogP contribution >= 0.6 is 0 Å². The van der Waals surface area contributed by atoms with E-state index in [1.807, 2.05) is 26.1 Å². The van der Waals surface area contributed by atoms with Crippen molar-refractivity contribution in [3.63, 3.8) is 0 Å². The minimum Gasteiger partial charge on any atom is -0.369 e. The summed E-state index contributed by atoms with van der Waals surface area (Å²) < 4.78 is 5.94. The van der Waals surface area contributed by atoms with E-state index < -0.39 is 0 Å². The van der Waals surface area contributed by atoms with Crippen LogP contribution in [0.3, 0.4) is 0 Å². The summed E-state index contributed by atoms with van der Waals surface area (Å²) in [7, 11) is 0. The summed E-state index contributed by atoms with van der Waals surface area (Å²) in [6, 6.07) is 6.17. The number of nitrogens with zero attached hydrogens (tertiary/aromatic N) is 3. The van der Waals surface area contributed by atoms with Gasteiger partial charge in [0.1, 0.15) is 5.82 Å². The number of fused-ring (bicyclic) bond motifs is 1. The quantitative estimate of drug-likeness (QED) is 0.799. The van der Waals surface area contributed by atoms with Gasteiger partial charge in [-0.25, -0.2) is 4.98 Å². The number of ether oxygens (including phenoxy) is 1. The molecule has 22 heavy (non-hydrogen) atoms. The van der Waals surface area contributed by atoms with Crippen LogP contribution in [0.4, 0.5) is 5.82 Å². The Balaban J connectivity index is 0.000000847. The molecule has 1 fully saturated rings. The standard InChI is InChI=1S/C16H21N3O.C2H6/c1-11-5-6-13-14(7-11)18-15(8-17-13)19-9-12(2)20-16(3,4)10-19;1-2/h5-8,12H,9-10H2,1-4H3;1-2H3. The smallest absolute Gasteiger partial charge is 0.148 e. The van der Waals surface area contributed by atoms with Crippen LogP contribution in [0, 0.1) is 6.92 Å². The molecule has 1 aromatic heterocycles. The molecule has 120 valence electrons. The van der Waals surface area contributed by atoms with E-state index in [1.54, 1.807) is 0 Å². The summed E-state index contributed by atoms with van der Waals surface area (Å²) in [5.41, 5.74) is 2.96. The third-order valence-electron chi connectivity index (χ3n) is 3.58. The van der Waals surface area contributed by atoms with Crippen molar-refractivity contribution < 1.29 is 4.74 Å². The summed E-state index contributed by atoms with van der Waals surface area (Å²) in [5.74, 6) is 0.936. The second-order valence-electron chi connectivity index (χ2n) is 6.29. The Kier molecular flexibility index (Phi) is 5.01. The van der Waals surface area contributed by atoms with Gasteiger partial charge in [-0.1, -0.05) is 19.9 Å². The SMILES string of the molecule is CC.Cc1ccc2ncc(N3CC(C)OC(C)(C)C3)nc2c1. The second kappa shape index (κ2) is 6.61. The molecule has 0 amide bonds. The lowest BCUT2D eigenvalue weighted by molar-refractivity contribution is -0.0751. The first kappa shape index (κ1) is 16.7. The maximum atomic E-state index is 5.94. The van der Waals surface area contributed by atoms with E-state index in [0.717, 1.165) is 29.9 Å². The number of rotatable bonds is 1. The molecule has 0 saturated carbocycles. The fraction of sp³-hybridized carbons (Fsp3) is 0.556. The zero-order valence-corrected chi connectivity index (χ0v) is 14.6. The Labute approximate surface area is 133 Å². The Bertz CT molecular complexity index is 639. The number of aryl methyl sites for hydroxylation is 1. The van der Waals surface area contributed by atoms with Crippen LogP contribution in [0.15, 0.2) is 24.4 Å². The van der Waals surface area contributed by atoms with Gasteiger partial charge in [0.05, 0.1) is 28.9 Å². The highest BCUT2D eigenvalue weighted by molar-refractivity contribution is 5.76. The molecule has 1 aliphatic heterocycles. The molecule has 0 N–H and O–H groups in total. The number of anilines is 1. The highest BCUT2D eigenvalue weighted by Gasteiger charge is 2.32. The average molecular weight is 301 g/mol. The highest BCUT2D eigenvalue weighted by atomic mass is 16.5. The van der Waals surface area contributed by atoms with Gasteiger partial charge in [-0.2, -0.15) is 0 Å². The number of hydrogen-bond donors (Lipinski definition) is 0. The molecular weight excluding hydrogens is 274 g/mol. The van der Waals surface area contributed by atoms with Crippen molar-refractivity contribution in [1.29, 1.82) is 0 Å². The van der Waals surface area contributed by atoms with Crippen LogP contribution in [-0.4, -0.2) is 34.8 Å². The zero-order valence-electron chi connectivity index (χ0n) is 14.6. The topological polar surface area (TPSA) is 38.2 Å². The van der Waals surface area contributed by atoms with E-state index in [-0.39, 0.29) is 11.7 Å². The molecule has 1 aliphatic rings. The molecule has 1 aromatic carbocycles. The molecule has 2 heterocycles. The number of benzene rings is 1. The lowest BCUT2D eigenvalue weighted by Crippen LogP contribution is -2.52. The monoisotopic (exact) mass is 301 g/mol. The molecule has 2 aromatic rings. The first-order valence-electron chi connectivity index (χ1n) is 8.09. The van der Waals surface area contributed by atoms with Crippen LogP contribution < -0.4 is 4.90 Å². The Morgan fingerprint density at radius 3 is 2.64 bits per heavy atom. The van der Waals surface area contributed by atoms with Crippen LogP contribution in [0.2, 0.25) is 0 Å². The summed E-state index contributed by atoms with van der Waals surface area (Å²) in [6.45, 7) is 14.1. The fourth-order valence-corrected chi connectivity index (χ4v) is 2.89. The van der Waals surface area contributed by atoms with E-state index in [0.29, 0.717) is 0 Å². The van der Waals surface area contributed by atoms with E-state index in [4.69, 9.17) is 9.72 Å². The first-order valence-corrected chi connectivity index (χ1v) is 8.09. The Hall–Kier alpha value is -1.68. The molecular formula is C18H27N3O. The van der Waals surface area contributed by atoms with E-state index in [9.17, 15) is 0 Å². The third kappa shape index (κ3) is 3.74. The second-order valence-corrected chi connectivity index (χ2v) is 6.29. The molecule has 4 nitrogen and oxygen atoms in total. The normalized spacial score (nSPS) is 20.5. The van der Waals surface area contributed by atoms with E-state index in [1.165, 1.54) is 5.56 Å². The minimum absolute atomic E-state index is 0.152. The van der Waals surface area contributed by atoms with Crippen molar-refractivity contribution in [3.05, 3.63) is 30.0 Å². The molecule has 0 bridgehead atoms. The fourth-order valence-electron chi connectivity index (χ4n) is 2.89. The van der Waals surface area contributed by atoms with Gasteiger partial charge in [-0.3, -0.25) is 4.98 Å². The summed E-state index contributed by atoms with van der Waals surface area (Å²) in [6.07, 6.45) is 2.07. The summed E-state index contributed by atoms with van der Waals surface area (Å²) in [5, 5.41) is 0. The minimum atomic E-state index is -0.152. The molecule has 1 atom stereocenters. The number of hydrogen-bond acceptors (Lipinski definition) is 4. The van der Waals surface area contributed by atoms with E-state index >= 15 is 0 Å². The third-order valence-corrected chi connectivity index (χ3v) is 3.58. The molecule has 3 rings (SSSR count). The number of aromatic nitrogens is 2. The summed E-state index contributed by atoms with van der Waals surface area (Å²) in [4.78, 5) is 11.6. The van der Waals surface area contributed by atoms with Crippen molar-refractivity contribution in [2.45, 2.75) is 53.2 Å². The molecule has 1 saturated heterocycles. The predicted molar refractivity (Wildman–Crippen MR) is 92.5 cm³/mol. The van der Waals surface area contributed by atoms with Crippen molar-refractivity contribution in [1.82, 2.24) is 9.97 Å². The van der Waals surface area contributed by atoms with Crippen LogP contribution in [-0.2, 0) is 4.74 Å². The van der Waals surface area contributed by atoms with Crippen LogP contribution in [0.5, 0.6) is 0 Å². The van der Waals surface area contributed by atoms with Crippen molar-refractivity contribution in [3.8, 4) is 0 Å². The lowest BCUT2D eigenvalue weighted by Gasteiger charge is -2.42. The van der Waals surface area contributed by atoms with Crippen molar-refractivity contribution in [2.75, 3.05) is 18.0 Å². The zero-order chi connectivity index (χ0) is 16.3. The Morgan fingerprint density at radius 2 is 1.95 bits per heavy atom. The molecule has 4 heteroatoms. The molecule has 1 unspecified atom stereocenters. The Morgan fingerprint density at radius 1 is 1.23 bits per heavy atom. The maximum absolute atomic E-state index is 5.94. The number of morpholine rings is 1. The molecule has 0 aliphatic carbocycles. The van der Waals surface area contributed by atoms with E-state index in [2.05, 4.69) is 49.7 Å². The van der Waals surface area contributed by atoms with Gasteiger partial charge >= 0.3 is 0 Å². The van der Waals surface area contributed by atoms with Gasteiger partial charge in [-0.05, 0) is 45.4 Å². The average Bonchev–Trinajstić information content (AvgIpc) is 2.46. The van der Waals surface area contributed by atoms with Gasteiger partial charge in [-0.15, -0.1) is 0 Å². The molecule has 0 spiro atoms. The van der Waals surface area contributed by atoms with Gasteiger partial charge in [0.2, 0.25) is 0 Å². The summed E-state index contributed by atoms with van der Waals surface area (Å²) >= 11 is 0. The van der Waals surface area contributed by atoms with Gasteiger partial charge in [0.25, 0.3) is 0 Å². The maximum Gasteiger partial charge on any atom is 0.148 e. The molecule has 0 radical (unpaired) electrons.